The summed E-state index contributed by atoms with van der Waals surface area (Å²) >= 11 is 0. The Bertz CT molecular complexity index is 450. The third-order valence-corrected chi connectivity index (χ3v) is 3.74. The fourth-order valence-corrected chi connectivity index (χ4v) is 2.44. The summed E-state index contributed by atoms with van der Waals surface area (Å²) in [7, 11) is 0. The molecule has 19 heavy (non-hydrogen) atoms. The number of aryl methyl sites for hydroxylation is 1. The number of aliphatic hydroxyl groups excluding tert-OH is 1. The zero-order chi connectivity index (χ0) is 14.0. The molecule has 0 aromatic carbocycles. The first-order valence-corrected chi connectivity index (χ1v) is 6.94. The number of carbonyl (C=O) groups excluding carboxylic acids is 1. The van der Waals surface area contributed by atoms with Gasteiger partial charge in [-0.15, -0.1) is 0 Å². The zero-order valence-corrected chi connectivity index (χ0v) is 11.8. The minimum absolute atomic E-state index is 0.0103. The van der Waals surface area contributed by atoms with E-state index in [1.807, 2.05) is 13.8 Å². The molecule has 1 amide bonds. The SMILES string of the molecule is Cc1noc(C(C)C)c1C(=O)N(CCO)C1CCC1. The van der Waals surface area contributed by atoms with Gasteiger partial charge in [0.1, 0.15) is 5.56 Å². The van der Waals surface area contributed by atoms with Crippen LogP contribution in [0, 0.1) is 6.92 Å². The van der Waals surface area contributed by atoms with E-state index in [9.17, 15) is 4.79 Å². The highest BCUT2D eigenvalue weighted by molar-refractivity contribution is 5.96. The summed E-state index contributed by atoms with van der Waals surface area (Å²) in [5, 5.41) is 13.1. The van der Waals surface area contributed by atoms with E-state index in [2.05, 4.69) is 5.16 Å². The molecule has 0 aliphatic heterocycles. The number of nitrogens with zero attached hydrogens (tertiary/aromatic N) is 2. The molecular weight excluding hydrogens is 244 g/mol. The van der Waals surface area contributed by atoms with Gasteiger partial charge in [0.15, 0.2) is 5.76 Å². The molecule has 1 aliphatic carbocycles. The second-order valence-electron chi connectivity index (χ2n) is 5.47. The van der Waals surface area contributed by atoms with Crippen LogP contribution in [0.1, 0.15) is 60.8 Å². The first kappa shape index (κ1) is 14.1. The van der Waals surface area contributed by atoms with Gasteiger partial charge in [-0.2, -0.15) is 0 Å². The number of hydrogen-bond acceptors (Lipinski definition) is 4. The van der Waals surface area contributed by atoms with Gasteiger partial charge in [-0.3, -0.25) is 4.79 Å². The Labute approximate surface area is 113 Å². The van der Waals surface area contributed by atoms with Gasteiger partial charge in [0, 0.05) is 18.5 Å². The largest absolute Gasteiger partial charge is 0.395 e. The average molecular weight is 266 g/mol. The Balaban J connectivity index is 2.28. The number of aromatic nitrogens is 1. The number of carbonyl (C=O) groups is 1. The van der Waals surface area contributed by atoms with Crippen LogP contribution in [0.3, 0.4) is 0 Å². The normalized spacial score (nSPS) is 15.6. The minimum atomic E-state index is -0.0544. The van der Waals surface area contributed by atoms with Crippen LogP contribution in [0.4, 0.5) is 0 Å². The van der Waals surface area contributed by atoms with E-state index in [1.54, 1.807) is 11.8 Å². The summed E-state index contributed by atoms with van der Waals surface area (Å²) in [6.07, 6.45) is 3.19. The van der Waals surface area contributed by atoms with Gasteiger partial charge in [-0.05, 0) is 26.2 Å². The van der Waals surface area contributed by atoms with Crippen LogP contribution in [0.15, 0.2) is 4.52 Å². The van der Waals surface area contributed by atoms with Crippen molar-refractivity contribution in [2.75, 3.05) is 13.2 Å². The Kier molecular flexibility index (Phi) is 4.24. The second-order valence-corrected chi connectivity index (χ2v) is 5.47. The van der Waals surface area contributed by atoms with E-state index in [-0.39, 0.29) is 24.5 Å². The summed E-state index contributed by atoms with van der Waals surface area (Å²) in [5.74, 6) is 0.712. The lowest BCUT2D eigenvalue weighted by molar-refractivity contribution is 0.0522. The molecule has 1 saturated carbocycles. The molecule has 1 fully saturated rings. The van der Waals surface area contributed by atoms with Crippen molar-refractivity contribution in [3.05, 3.63) is 17.0 Å². The topological polar surface area (TPSA) is 66.6 Å². The van der Waals surface area contributed by atoms with Crippen LogP contribution in [-0.2, 0) is 0 Å². The first-order chi connectivity index (χ1) is 9.06. The van der Waals surface area contributed by atoms with Crippen molar-refractivity contribution in [3.8, 4) is 0 Å². The average Bonchev–Trinajstić information content (AvgIpc) is 2.67. The van der Waals surface area contributed by atoms with Gasteiger partial charge in [0.2, 0.25) is 0 Å². The molecule has 1 aromatic heterocycles. The molecule has 0 radical (unpaired) electrons. The maximum absolute atomic E-state index is 12.7. The Morgan fingerprint density at radius 1 is 1.53 bits per heavy atom. The quantitative estimate of drug-likeness (QED) is 0.886. The monoisotopic (exact) mass is 266 g/mol. The van der Waals surface area contributed by atoms with E-state index in [0.717, 1.165) is 19.3 Å². The maximum atomic E-state index is 12.7. The molecule has 0 atom stereocenters. The van der Waals surface area contributed by atoms with Gasteiger partial charge < -0.3 is 14.5 Å². The number of rotatable bonds is 5. The molecule has 0 saturated heterocycles. The summed E-state index contributed by atoms with van der Waals surface area (Å²) < 4.78 is 5.28. The lowest BCUT2D eigenvalue weighted by Crippen LogP contribution is -2.46. The Morgan fingerprint density at radius 3 is 2.68 bits per heavy atom. The summed E-state index contributed by atoms with van der Waals surface area (Å²) in [6.45, 7) is 6.13. The molecule has 0 bridgehead atoms. The van der Waals surface area contributed by atoms with Gasteiger partial charge in [0.05, 0.1) is 12.3 Å². The smallest absolute Gasteiger partial charge is 0.259 e. The van der Waals surface area contributed by atoms with E-state index in [4.69, 9.17) is 9.63 Å². The molecule has 5 nitrogen and oxygen atoms in total. The molecule has 0 unspecified atom stereocenters. The van der Waals surface area contributed by atoms with E-state index < -0.39 is 0 Å². The fourth-order valence-electron chi connectivity index (χ4n) is 2.44. The highest BCUT2D eigenvalue weighted by atomic mass is 16.5. The Morgan fingerprint density at radius 2 is 2.21 bits per heavy atom. The summed E-state index contributed by atoms with van der Waals surface area (Å²) in [4.78, 5) is 14.5. The van der Waals surface area contributed by atoms with Gasteiger partial charge in [-0.1, -0.05) is 19.0 Å². The summed E-state index contributed by atoms with van der Waals surface area (Å²) in [5.41, 5.74) is 1.21. The number of aliphatic hydroxyl groups is 1. The van der Waals surface area contributed by atoms with Crippen molar-refractivity contribution in [2.24, 2.45) is 0 Å². The molecule has 2 rings (SSSR count). The molecule has 5 heteroatoms. The van der Waals surface area contributed by atoms with Crippen LogP contribution in [0.25, 0.3) is 0 Å². The lowest BCUT2D eigenvalue weighted by Gasteiger charge is -2.37. The van der Waals surface area contributed by atoms with Crippen LogP contribution < -0.4 is 0 Å². The van der Waals surface area contributed by atoms with Crippen molar-refractivity contribution < 1.29 is 14.4 Å². The summed E-state index contributed by atoms with van der Waals surface area (Å²) in [6, 6.07) is 0.258. The van der Waals surface area contributed by atoms with Crippen molar-refractivity contribution in [3.63, 3.8) is 0 Å². The lowest BCUT2D eigenvalue weighted by atomic mass is 9.90. The molecular formula is C14H22N2O3. The molecule has 1 N–H and O–H groups in total. The predicted octanol–water partition coefficient (Wildman–Crippen LogP) is 2.09. The number of hydrogen-bond donors (Lipinski definition) is 1. The van der Waals surface area contributed by atoms with E-state index in [1.165, 1.54) is 0 Å². The van der Waals surface area contributed by atoms with Crippen LogP contribution >= 0.6 is 0 Å². The first-order valence-electron chi connectivity index (χ1n) is 6.94. The van der Waals surface area contributed by atoms with Crippen LogP contribution in [-0.4, -0.2) is 40.3 Å². The van der Waals surface area contributed by atoms with Crippen molar-refractivity contribution in [1.29, 1.82) is 0 Å². The molecule has 1 aliphatic rings. The third kappa shape index (κ3) is 2.66. The van der Waals surface area contributed by atoms with E-state index in [0.29, 0.717) is 23.6 Å². The minimum Gasteiger partial charge on any atom is -0.395 e. The maximum Gasteiger partial charge on any atom is 0.259 e. The molecule has 106 valence electrons. The molecule has 1 aromatic rings. The third-order valence-electron chi connectivity index (χ3n) is 3.74. The predicted molar refractivity (Wildman–Crippen MR) is 71.1 cm³/mol. The zero-order valence-electron chi connectivity index (χ0n) is 11.8. The van der Waals surface area contributed by atoms with Crippen molar-refractivity contribution in [2.45, 2.75) is 52.0 Å². The standard InChI is InChI=1S/C14H22N2O3/c1-9(2)13-12(10(3)15-19-13)14(18)16(7-8-17)11-5-4-6-11/h9,11,17H,4-8H2,1-3H3. The fraction of sp³-hybridized carbons (Fsp3) is 0.714. The van der Waals surface area contributed by atoms with E-state index >= 15 is 0 Å². The van der Waals surface area contributed by atoms with Gasteiger partial charge in [-0.25, -0.2) is 0 Å². The highest BCUT2D eigenvalue weighted by Gasteiger charge is 2.33. The molecule has 0 spiro atoms. The second kappa shape index (κ2) is 5.74. The van der Waals surface area contributed by atoms with Crippen molar-refractivity contribution >= 4 is 5.91 Å². The van der Waals surface area contributed by atoms with Crippen molar-refractivity contribution in [1.82, 2.24) is 10.1 Å². The van der Waals surface area contributed by atoms with Gasteiger partial charge in [0.25, 0.3) is 5.91 Å². The molecule has 1 heterocycles. The van der Waals surface area contributed by atoms with Crippen LogP contribution in [0.5, 0.6) is 0 Å². The highest BCUT2D eigenvalue weighted by Crippen LogP contribution is 2.29. The van der Waals surface area contributed by atoms with Crippen LogP contribution in [0.2, 0.25) is 0 Å². The number of amides is 1. The Hall–Kier alpha value is -1.36. The van der Waals surface area contributed by atoms with Gasteiger partial charge >= 0.3 is 0 Å².